The summed E-state index contributed by atoms with van der Waals surface area (Å²) in [6.07, 6.45) is 1.92. The van der Waals surface area contributed by atoms with Crippen molar-refractivity contribution in [2.75, 3.05) is 24.6 Å². The second-order valence-corrected chi connectivity index (χ2v) is 6.07. The van der Waals surface area contributed by atoms with Crippen LogP contribution in [0.2, 0.25) is 0 Å². The van der Waals surface area contributed by atoms with Gasteiger partial charge in [0, 0.05) is 48.8 Å². The molecule has 2 N–H and O–H groups in total. The highest BCUT2D eigenvalue weighted by Crippen LogP contribution is 2.24. The molecule has 1 fully saturated rings. The minimum absolute atomic E-state index is 0.0180. The summed E-state index contributed by atoms with van der Waals surface area (Å²) in [6, 6.07) is 5.87. The summed E-state index contributed by atoms with van der Waals surface area (Å²) in [6.45, 7) is 5.14. The Balaban J connectivity index is 1.86. The SMILES string of the molecule is Cc1ccc(-c2ccnc(N3CC[C@H](CO)[C@H](O)C3)n2)c(C)n1. The Morgan fingerprint density at radius 3 is 2.74 bits per heavy atom. The Hall–Kier alpha value is -2.05. The molecule has 0 aliphatic carbocycles. The number of hydrogen-bond acceptors (Lipinski definition) is 6. The first-order valence-electron chi connectivity index (χ1n) is 7.90. The van der Waals surface area contributed by atoms with Crippen LogP contribution in [0.15, 0.2) is 24.4 Å². The first-order valence-corrected chi connectivity index (χ1v) is 7.90. The quantitative estimate of drug-likeness (QED) is 0.889. The van der Waals surface area contributed by atoms with Crippen molar-refractivity contribution in [1.29, 1.82) is 0 Å². The molecule has 6 heteroatoms. The van der Waals surface area contributed by atoms with Gasteiger partial charge in [-0.05, 0) is 38.5 Å². The van der Waals surface area contributed by atoms with Gasteiger partial charge in [0.25, 0.3) is 0 Å². The average molecular weight is 314 g/mol. The van der Waals surface area contributed by atoms with Crippen molar-refractivity contribution in [3.63, 3.8) is 0 Å². The van der Waals surface area contributed by atoms with Gasteiger partial charge in [-0.2, -0.15) is 0 Å². The van der Waals surface area contributed by atoms with Crippen LogP contribution in [0.1, 0.15) is 17.8 Å². The van der Waals surface area contributed by atoms with Gasteiger partial charge in [0.1, 0.15) is 0 Å². The van der Waals surface area contributed by atoms with Crippen molar-refractivity contribution in [2.24, 2.45) is 5.92 Å². The number of aromatic nitrogens is 3. The average Bonchev–Trinajstić information content (AvgIpc) is 2.55. The number of hydrogen-bond donors (Lipinski definition) is 2. The molecule has 3 rings (SSSR count). The molecule has 0 spiro atoms. The Kier molecular flexibility index (Phi) is 4.54. The molecule has 2 aromatic heterocycles. The van der Waals surface area contributed by atoms with Gasteiger partial charge in [-0.25, -0.2) is 9.97 Å². The van der Waals surface area contributed by atoms with Crippen LogP contribution < -0.4 is 4.90 Å². The van der Waals surface area contributed by atoms with Crippen LogP contribution in [0.25, 0.3) is 11.3 Å². The summed E-state index contributed by atoms with van der Waals surface area (Å²) in [5.74, 6) is 0.552. The van der Waals surface area contributed by atoms with E-state index in [4.69, 9.17) is 0 Å². The third kappa shape index (κ3) is 3.33. The third-order valence-electron chi connectivity index (χ3n) is 4.38. The fourth-order valence-electron chi connectivity index (χ4n) is 2.98. The van der Waals surface area contributed by atoms with Crippen molar-refractivity contribution < 1.29 is 10.2 Å². The maximum Gasteiger partial charge on any atom is 0.225 e. The number of rotatable bonds is 3. The first-order chi connectivity index (χ1) is 11.1. The Morgan fingerprint density at radius 1 is 1.22 bits per heavy atom. The lowest BCUT2D eigenvalue weighted by Crippen LogP contribution is -2.45. The van der Waals surface area contributed by atoms with Gasteiger partial charge in [-0.15, -0.1) is 0 Å². The highest BCUT2D eigenvalue weighted by molar-refractivity contribution is 5.62. The molecule has 2 aromatic rings. The summed E-state index contributed by atoms with van der Waals surface area (Å²) in [4.78, 5) is 15.4. The molecule has 6 nitrogen and oxygen atoms in total. The van der Waals surface area contributed by atoms with E-state index in [0.717, 1.165) is 35.6 Å². The summed E-state index contributed by atoms with van der Waals surface area (Å²) in [7, 11) is 0. The number of aliphatic hydroxyl groups is 2. The third-order valence-corrected chi connectivity index (χ3v) is 4.38. The molecule has 0 unspecified atom stereocenters. The lowest BCUT2D eigenvalue weighted by molar-refractivity contribution is 0.0544. The van der Waals surface area contributed by atoms with Crippen LogP contribution in [0.4, 0.5) is 5.95 Å². The second-order valence-electron chi connectivity index (χ2n) is 6.07. The topological polar surface area (TPSA) is 82.4 Å². The Bertz CT molecular complexity index is 692. The number of aliphatic hydroxyl groups excluding tert-OH is 2. The molecule has 3 heterocycles. The molecule has 0 amide bonds. The van der Waals surface area contributed by atoms with Crippen LogP contribution in [-0.4, -0.2) is 51.0 Å². The van der Waals surface area contributed by atoms with Crippen LogP contribution in [0.5, 0.6) is 0 Å². The maximum absolute atomic E-state index is 10.1. The number of β-amino-alcohol motifs (C(OH)–C–C–N with tert-alkyl or cyclic N) is 1. The Labute approximate surface area is 135 Å². The predicted molar refractivity (Wildman–Crippen MR) is 88.1 cm³/mol. The van der Waals surface area contributed by atoms with E-state index in [2.05, 4.69) is 15.0 Å². The summed E-state index contributed by atoms with van der Waals surface area (Å²) < 4.78 is 0. The molecule has 1 saturated heterocycles. The first kappa shape index (κ1) is 15.8. The zero-order chi connectivity index (χ0) is 16.4. The molecule has 2 atom stereocenters. The van der Waals surface area contributed by atoms with Gasteiger partial charge in [0.2, 0.25) is 5.95 Å². The maximum atomic E-state index is 10.1. The monoisotopic (exact) mass is 314 g/mol. The molecule has 0 aromatic carbocycles. The number of aryl methyl sites for hydroxylation is 2. The molecule has 1 aliphatic rings. The van der Waals surface area contributed by atoms with E-state index < -0.39 is 6.10 Å². The summed E-state index contributed by atoms with van der Waals surface area (Å²) >= 11 is 0. The highest BCUT2D eigenvalue weighted by atomic mass is 16.3. The van der Waals surface area contributed by atoms with Gasteiger partial charge < -0.3 is 15.1 Å². The largest absolute Gasteiger partial charge is 0.396 e. The zero-order valence-electron chi connectivity index (χ0n) is 13.5. The van der Waals surface area contributed by atoms with Gasteiger partial charge in [-0.3, -0.25) is 4.98 Å². The molecular formula is C17H22N4O2. The minimum Gasteiger partial charge on any atom is -0.396 e. The molecule has 1 aliphatic heterocycles. The van der Waals surface area contributed by atoms with E-state index in [0.29, 0.717) is 12.5 Å². The van der Waals surface area contributed by atoms with E-state index in [9.17, 15) is 10.2 Å². The van der Waals surface area contributed by atoms with Crippen LogP contribution >= 0.6 is 0 Å². The fraction of sp³-hybridized carbons (Fsp3) is 0.471. The van der Waals surface area contributed by atoms with E-state index in [1.807, 2.05) is 36.9 Å². The Morgan fingerprint density at radius 2 is 2.04 bits per heavy atom. The molecule has 0 bridgehead atoms. The van der Waals surface area contributed by atoms with E-state index in [-0.39, 0.29) is 12.5 Å². The minimum atomic E-state index is -0.552. The van der Waals surface area contributed by atoms with Crippen LogP contribution in [0.3, 0.4) is 0 Å². The number of piperidine rings is 1. The fourth-order valence-corrected chi connectivity index (χ4v) is 2.98. The lowest BCUT2D eigenvalue weighted by atomic mass is 9.95. The van der Waals surface area contributed by atoms with Crippen molar-refractivity contribution in [3.05, 3.63) is 35.8 Å². The van der Waals surface area contributed by atoms with E-state index in [1.54, 1.807) is 6.20 Å². The van der Waals surface area contributed by atoms with Gasteiger partial charge in [0.15, 0.2) is 0 Å². The lowest BCUT2D eigenvalue weighted by Gasteiger charge is -2.35. The van der Waals surface area contributed by atoms with E-state index >= 15 is 0 Å². The molecule has 122 valence electrons. The molecule has 0 radical (unpaired) electrons. The molecule has 0 saturated carbocycles. The van der Waals surface area contributed by atoms with Gasteiger partial charge >= 0.3 is 0 Å². The number of anilines is 1. The normalized spacial score (nSPS) is 21.5. The van der Waals surface area contributed by atoms with Gasteiger partial charge in [0.05, 0.1) is 11.8 Å². The molecule has 23 heavy (non-hydrogen) atoms. The second kappa shape index (κ2) is 6.60. The smallest absolute Gasteiger partial charge is 0.225 e. The van der Waals surface area contributed by atoms with Crippen molar-refractivity contribution in [2.45, 2.75) is 26.4 Å². The summed E-state index contributed by atoms with van der Waals surface area (Å²) in [5.41, 5.74) is 3.74. The number of pyridine rings is 1. The number of nitrogens with zero attached hydrogens (tertiary/aromatic N) is 4. The summed E-state index contributed by atoms with van der Waals surface area (Å²) in [5, 5.41) is 19.3. The van der Waals surface area contributed by atoms with E-state index in [1.165, 1.54) is 0 Å². The molecular weight excluding hydrogens is 292 g/mol. The van der Waals surface area contributed by atoms with Gasteiger partial charge in [-0.1, -0.05) is 0 Å². The van der Waals surface area contributed by atoms with Crippen molar-refractivity contribution in [3.8, 4) is 11.3 Å². The zero-order valence-corrected chi connectivity index (χ0v) is 13.5. The van der Waals surface area contributed by atoms with Crippen LogP contribution in [0, 0.1) is 19.8 Å². The van der Waals surface area contributed by atoms with Crippen LogP contribution in [-0.2, 0) is 0 Å². The predicted octanol–water partition coefficient (Wildman–Crippen LogP) is 1.33. The highest BCUT2D eigenvalue weighted by Gasteiger charge is 2.28. The standard InChI is InChI=1S/C17H22N4O2/c1-11-3-4-14(12(2)19-11)15-5-7-18-17(20-15)21-8-6-13(10-22)16(23)9-21/h3-5,7,13,16,22-23H,6,8-10H2,1-2H3/t13-,16-/m1/s1. The van der Waals surface area contributed by atoms with Crippen molar-refractivity contribution >= 4 is 5.95 Å². The van der Waals surface area contributed by atoms with Crippen molar-refractivity contribution in [1.82, 2.24) is 15.0 Å².